The summed E-state index contributed by atoms with van der Waals surface area (Å²) in [7, 11) is -3.59. The van der Waals surface area contributed by atoms with E-state index < -0.39 is 21.6 Å². The normalized spacial score (nSPS) is 12.6. The Labute approximate surface area is 220 Å². The minimum atomic E-state index is -3.59. The molecule has 0 aliphatic rings. The van der Waals surface area contributed by atoms with Gasteiger partial charge in [0.25, 0.3) is 0 Å². The molecule has 2 rings (SSSR count). The predicted molar refractivity (Wildman–Crippen MR) is 147 cm³/mol. The fourth-order valence-electron chi connectivity index (χ4n) is 3.88. The van der Waals surface area contributed by atoms with Gasteiger partial charge in [0.05, 0.1) is 11.9 Å². The van der Waals surface area contributed by atoms with Crippen LogP contribution in [0.3, 0.4) is 0 Å². The highest BCUT2D eigenvalue weighted by molar-refractivity contribution is 7.92. The average molecular weight is 536 g/mol. The van der Waals surface area contributed by atoms with Crippen molar-refractivity contribution < 1.29 is 18.0 Å². The van der Waals surface area contributed by atoms with Gasteiger partial charge in [-0.1, -0.05) is 48.0 Å². The molecule has 0 fully saturated rings. The number of nitrogens with zero attached hydrogens (tertiary/aromatic N) is 2. The van der Waals surface area contributed by atoms with Crippen molar-refractivity contribution in [1.82, 2.24) is 10.2 Å². The summed E-state index contributed by atoms with van der Waals surface area (Å²) < 4.78 is 26.3. The van der Waals surface area contributed by atoms with Gasteiger partial charge in [-0.2, -0.15) is 0 Å². The van der Waals surface area contributed by atoms with E-state index in [2.05, 4.69) is 5.32 Å². The Morgan fingerprint density at radius 1 is 1.06 bits per heavy atom. The van der Waals surface area contributed by atoms with Crippen LogP contribution in [0.4, 0.5) is 5.69 Å². The molecule has 198 valence electrons. The summed E-state index contributed by atoms with van der Waals surface area (Å²) in [5.74, 6) is -0.421. The molecular weight excluding hydrogens is 498 g/mol. The van der Waals surface area contributed by atoms with Crippen molar-refractivity contribution in [3.8, 4) is 0 Å². The molecule has 7 nitrogen and oxygen atoms in total. The van der Waals surface area contributed by atoms with Crippen LogP contribution in [-0.4, -0.2) is 56.1 Å². The number of anilines is 1. The molecule has 0 aliphatic heterocycles. The predicted octanol–water partition coefficient (Wildman–Crippen LogP) is 4.57. The zero-order chi connectivity index (χ0) is 27.1. The molecule has 0 spiro atoms. The van der Waals surface area contributed by atoms with Crippen molar-refractivity contribution >= 4 is 39.1 Å². The number of aryl methyl sites for hydroxylation is 1. The summed E-state index contributed by atoms with van der Waals surface area (Å²) in [6.45, 7) is 9.73. The van der Waals surface area contributed by atoms with Crippen LogP contribution in [-0.2, 0) is 26.0 Å². The fraction of sp³-hybridized carbons (Fsp3) is 0.481. The van der Waals surface area contributed by atoms with E-state index in [1.165, 1.54) is 4.31 Å². The molecule has 1 atom stereocenters. The van der Waals surface area contributed by atoms with Crippen molar-refractivity contribution in [1.29, 1.82) is 0 Å². The lowest BCUT2D eigenvalue weighted by Crippen LogP contribution is -2.53. The molecule has 0 saturated heterocycles. The van der Waals surface area contributed by atoms with Gasteiger partial charge in [0, 0.05) is 30.1 Å². The zero-order valence-electron chi connectivity index (χ0n) is 22.0. The highest BCUT2D eigenvalue weighted by Crippen LogP contribution is 2.26. The highest BCUT2D eigenvalue weighted by atomic mass is 35.5. The molecular formula is C27H38ClN3O4S. The topological polar surface area (TPSA) is 86.8 Å². The Bertz CT molecular complexity index is 1150. The third-order valence-electron chi connectivity index (χ3n) is 5.74. The second-order valence-corrected chi connectivity index (χ2v) is 12.5. The Balaban J connectivity index is 2.16. The van der Waals surface area contributed by atoms with Gasteiger partial charge in [0.1, 0.15) is 6.04 Å². The maximum absolute atomic E-state index is 13.3. The number of nitrogens with one attached hydrogen (secondary N) is 1. The third-order valence-corrected chi connectivity index (χ3v) is 7.16. The van der Waals surface area contributed by atoms with E-state index in [0.717, 1.165) is 17.4 Å². The second kappa shape index (κ2) is 12.6. The number of amides is 2. The maximum Gasteiger partial charge on any atom is 0.242 e. The van der Waals surface area contributed by atoms with Gasteiger partial charge in [-0.25, -0.2) is 8.42 Å². The van der Waals surface area contributed by atoms with Crippen LogP contribution < -0.4 is 9.62 Å². The third kappa shape index (κ3) is 9.13. The first-order valence-electron chi connectivity index (χ1n) is 12.1. The number of carbonyl (C=O) groups excluding carboxylic acids is 2. The largest absolute Gasteiger partial charge is 0.350 e. The SMILES string of the molecule is Cc1ccc(Cl)cc1N(CCCC(=O)N(CCc1ccccc1)C(C)C(=O)NC(C)(C)C)S(C)(=O)=O. The molecule has 0 bridgehead atoms. The van der Waals surface area contributed by atoms with Crippen molar-refractivity contribution in [3.05, 3.63) is 64.7 Å². The molecule has 9 heteroatoms. The van der Waals surface area contributed by atoms with Gasteiger partial charge in [-0.05, 0) is 70.7 Å². The first-order chi connectivity index (χ1) is 16.7. The van der Waals surface area contributed by atoms with Crippen LogP contribution in [0.5, 0.6) is 0 Å². The standard InChI is InChI=1S/C27H38ClN3O4S/c1-20-14-15-23(28)19-24(20)31(36(6,34)35)17-10-13-25(32)30(18-16-22-11-8-7-9-12-22)21(2)26(33)29-27(3,4)5/h7-9,11-12,14-15,19,21H,10,13,16-18H2,1-6H3,(H,29,33). The Kier molecular flexibility index (Phi) is 10.4. The molecule has 0 saturated carbocycles. The fourth-order valence-corrected chi connectivity index (χ4v) is 5.06. The van der Waals surface area contributed by atoms with Crippen LogP contribution in [0.2, 0.25) is 5.02 Å². The molecule has 0 radical (unpaired) electrons. The Morgan fingerprint density at radius 3 is 2.28 bits per heavy atom. The lowest BCUT2D eigenvalue weighted by Gasteiger charge is -2.32. The number of hydrogen-bond acceptors (Lipinski definition) is 4. The van der Waals surface area contributed by atoms with Gasteiger partial charge >= 0.3 is 0 Å². The van der Waals surface area contributed by atoms with E-state index in [1.807, 2.05) is 58.0 Å². The number of rotatable bonds is 11. The van der Waals surface area contributed by atoms with Crippen molar-refractivity contribution in [3.63, 3.8) is 0 Å². The number of halogens is 1. The van der Waals surface area contributed by atoms with E-state index in [1.54, 1.807) is 30.0 Å². The van der Waals surface area contributed by atoms with E-state index in [4.69, 9.17) is 11.6 Å². The van der Waals surface area contributed by atoms with E-state index in [-0.39, 0.29) is 24.8 Å². The number of sulfonamides is 1. The van der Waals surface area contributed by atoms with Crippen LogP contribution in [0.1, 0.15) is 51.7 Å². The quantitative estimate of drug-likeness (QED) is 0.456. The van der Waals surface area contributed by atoms with Gasteiger partial charge in [0.15, 0.2) is 0 Å². The highest BCUT2D eigenvalue weighted by Gasteiger charge is 2.28. The number of benzene rings is 2. The first-order valence-corrected chi connectivity index (χ1v) is 14.3. The van der Waals surface area contributed by atoms with Crippen molar-refractivity contribution in [2.24, 2.45) is 0 Å². The monoisotopic (exact) mass is 535 g/mol. The average Bonchev–Trinajstić information content (AvgIpc) is 2.77. The van der Waals surface area contributed by atoms with Gasteiger partial charge < -0.3 is 10.2 Å². The zero-order valence-corrected chi connectivity index (χ0v) is 23.6. The van der Waals surface area contributed by atoms with Crippen molar-refractivity contribution in [2.75, 3.05) is 23.7 Å². The lowest BCUT2D eigenvalue weighted by molar-refractivity contribution is -0.140. The molecule has 1 unspecified atom stereocenters. The second-order valence-electron chi connectivity index (χ2n) is 10.1. The molecule has 1 N–H and O–H groups in total. The van der Waals surface area contributed by atoms with E-state index in [0.29, 0.717) is 30.1 Å². The molecule has 36 heavy (non-hydrogen) atoms. The van der Waals surface area contributed by atoms with Gasteiger partial charge in [-0.3, -0.25) is 13.9 Å². The summed E-state index contributed by atoms with van der Waals surface area (Å²) in [5, 5.41) is 3.38. The Hall–Kier alpha value is -2.58. The van der Waals surface area contributed by atoms with Crippen LogP contribution in [0.25, 0.3) is 0 Å². The summed E-state index contributed by atoms with van der Waals surface area (Å²) in [6, 6.07) is 14.2. The molecule has 2 amide bonds. The molecule has 0 aromatic heterocycles. The van der Waals surface area contributed by atoms with Crippen LogP contribution in [0, 0.1) is 6.92 Å². The first kappa shape index (κ1) is 29.6. The molecule has 0 heterocycles. The molecule has 2 aromatic rings. The van der Waals surface area contributed by atoms with E-state index in [9.17, 15) is 18.0 Å². The summed E-state index contributed by atoms with van der Waals surface area (Å²) >= 11 is 6.11. The van der Waals surface area contributed by atoms with Gasteiger partial charge in [-0.15, -0.1) is 0 Å². The lowest BCUT2D eigenvalue weighted by atomic mass is 10.1. The van der Waals surface area contributed by atoms with E-state index >= 15 is 0 Å². The minimum Gasteiger partial charge on any atom is -0.350 e. The van der Waals surface area contributed by atoms with Crippen LogP contribution in [0.15, 0.2) is 48.5 Å². The molecule has 0 aliphatic carbocycles. The maximum atomic E-state index is 13.3. The number of hydrogen-bond donors (Lipinski definition) is 1. The summed E-state index contributed by atoms with van der Waals surface area (Å²) in [5.41, 5.74) is 1.91. The van der Waals surface area contributed by atoms with Crippen LogP contribution >= 0.6 is 11.6 Å². The Morgan fingerprint density at radius 2 is 1.69 bits per heavy atom. The summed E-state index contributed by atoms with van der Waals surface area (Å²) in [6.07, 6.45) is 2.15. The minimum absolute atomic E-state index is 0.105. The smallest absolute Gasteiger partial charge is 0.242 e. The van der Waals surface area contributed by atoms with Crippen molar-refractivity contribution in [2.45, 2.75) is 65.5 Å². The number of carbonyl (C=O) groups is 2. The summed E-state index contributed by atoms with van der Waals surface area (Å²) in [4.78, 5) is 27.8. The van der Waals surface area contributed by atoms with Gasteiger partial charge in [0.2, 0.25) is 21.8 Å². The molecule has 2 aromatic carbocycles.